The fourth-order valence-electron chi connectivity index (χ4n) is 4.48. The highest BCUT2D eigenvalue weighted by Gasteiger charge is 2.29. The van der Waals surface area contributed by atoms with Crippen molar-refractivity contribution in [3.63, 3.8) is 0 Å². The molecule has 0 fully saturated rings. The van der Waals surface area contributed by atoms with E-state index in [9.17, 15) is 14.4 Å². The van der Waals surface area contributed by atoms with Gasteiger partial charge in [0.05, 0.1) is 6.42 Å². The second-order valence-corrected chi connectivity index (χ2v) is 8.49. The Morgan fingerprint density at radius 1 is 0.886 bits per heavy atom. The van der Waals surface area contributed by atoms with Crippen LogP contribution < -0.4 is 10.6 Å². The topological polar surface area (TPSA) is 105 Å². The number of hydrogen-bond acceptors (Lipinski definition) is 4. The van der Waals surface area contributed by atoms with Crippen LogP contribution in [0.4, 0.5) is 4.79 Å². The van der Waals surface area contributed by atoms with Gasteiger partial charge < -0.3 is 20.5 Å². The van der Waals surface area contributed by atoms with Gasteiger partial charge in [-0.05, 0) is 39.8 Å². The number of ether oxygens (including phenoxy) is 1. The number of alkyl carbamates (subject to hydrolysis) is 1. The van der Waals surface area contributed by atoms with E-state index in [0.29, 0.717) is 12.0 Å². The maximum absolute atomic E-state index is 12.5. The minimum absolute atomic E-state index is 0.0202. The van der Waals surface area contributed by atoms with Crippen LogP contribution in [0.3, 0.4) is 0 Å². The first-order valence-corrected chi connectivity index (χ1v) is 11.7. The number of benzene rings is 3. The molecule has 35 heavy (non-hydrogen) atoms. The van der Waals surface area contributed by atoms with E-state index >= 15 is 0 Å². The number of carboxylic acid groups (broad SMARTS) is 1. The number of rotatable bonds is 9. The lowest BCUT2D eigenvalue weighted by atomic mass is 9.98. The van der Waals surface area contributed by atoms with Crippen LogP contribution in [0.5, 0.6) is 0 Å². The summed E-state index contributed by atoms with van der Waals surface area (Å²) >= 11 is 0. The van der Waals surface area contributed by atoms with E-state index in [2.05, 4.69) is 34.9 Å². The predicted octanol–water partition coefficient (Wildman–Crippen LogP) is 4.25. The molecular formula is C28H28N2O5. The van der Waals surface area contributed by atoms with Crippen molar-refractivity contribution < 1.29 is 24.2 Å². The second kappa shape index (κ2) is 10.9. The summed E-state index contributed by atoms with van der Waals surface area (Å²) in [4.78, 5) is 36.0. The summed E-state index contributed by atoms with van der Waals surface area (Å²) in [5.74, 6) is -1.47. The molecule has 0 saturated carbocycles. The van der Waals surface area contributed by atoms with Crippen LogP contribution in [0.25, 0.3) is 11.1 Å². The molecule has 3 aromatic rings. The maximum atomic E-state index is 12.5. The first-order chi connectivity index (χ1) is 17.0. The first kappa shape index (κ1) is 24.0. The number of carbonyl (C=O) groups is 3. The van der Waals surface area contributed by atoms with E-state index in [-0.39, 0.29) is 31.4 Å². The molecule has 0 spiro atoms. The van der Waals surface area contributed by atoms with Gasteiger partial charge in [-0.25, -0.2) is 9.59 Å². The van der Waals surface area contributed by atoms with Crippen molar-refractivity contribution in [1.82, 2.24) is 10.6 Å². The molecule has 1 aliphatic carbocycles. The van der Waals surface area contributed by atoms with Crippen LogP contribution in [-0.4, -0.2) is 35.7 Å². The second-order valence-electron chi connectivity index (χ2n) is 8.49. The van der Waals surface area contributed by atoms with Gasteiger partial charge in [-0.2, -0.15) is 0 Å². The number of hydrogen-bond donors (Lipinski definition) is 3. The van der Waals surface area contributed by atoms with Gasteiger partial charge in [-0.1, -0.05) is 79.7 Å². The zero-order valence-electron chi connectivity index (χ0n) is 19.5. The Hall–Kier alpha value is -4.13. The minimum atomic E-state index is -1.06. The van der Waals surface area contributed by atoms with Crippen molar-refractivity contribution in [3.8, 4) is 11.1 Å². The summed E-state index contributed by atoms with van der Waals surface area (Å²) in [5.41, 5.74) is 6.09. The van der Waals surface area contributed by atoms with Crippen molar-refractivity contribution in [2.24, 2.45) is 0 Å². The average Bonchev–Trinajstić information content (AvgIpc) is 3.19. The highest BCUT2D eigenvalue weighted by atomic mass is 16.5. The van der Waals surface area contributed by atoms with E-state index in [1.165, 1.54) is 0 Å². The Morgan fingerprint density at radius 3 is 2.06 bits per heavy atom. The number of fused-ring (bicyclic) bond motifs is 3. The molecule has 3 aromatic carbocycles. The lowest BCUT2D eigenvalue weighted by Crippen LogP contribution is -2.41. The fourth-order valence-corrected chi connectivity index (χ4v) is 4.48. The molecule has 1 aliphatic rings. The van der Waals surface area contributed by atoms with E-state index in [1.54, 1.807) is 19.1 Å². The van der Waals surface area contributed by atoms with Crippen molar-refractivity contribution in [1.29, 1.82) is 0 Å². The van der Waals surface area contributed by atoms with E-state index in [1.807, 2.05) is 36.4 Å². The quantitative estimate of drug-likeness (QED) is 0.432. The lowest BCUT2D eigenvalue weighted by Gasteiger charge is -2.16. The van der Waals surface area contributed by atoms with Gasteiger partial charge in [-0.15, -0.1) is 0 Å². The van der Waals surface area contributed by atoms with Gasteiger partial charge in [0.1, 0.15) is 12.6 Å². The third kappa shape index (κ3) is 5.51. The molecule has 1 unspecified atom stereocenters. The Balaban J connectivity index is 1.35. The Morgan fingerprint density at radius 2 is 1.46 bits per heavy atom. The van der Waals surface area contributed by atoms with Gasteiger partial charge in [-0.3, -0.25) is 4.79 Å². The standard InChI is InChI=1S/C28H28N2O5/c1-2-25(27(32)33)30-26(31)15-18-9-3-4-10-19(18)16-29-28(34)35-17-24-22-13-7-5-11-20(22)21-12-6-8-14-23(21)24/h3-14,24-25H,2,15-17H2,1H3,(H,29,34)(H,30,31)(H,32,33). The SMILES string of the molecule is CCC(NC(=O)Cc1ccccc1CNC(=O)OCC1c2ccccc2-c2ccccc21)C(=O)O. The molecule has 0 aromatic heterocycles. The van der Waals surface area contributed by atoms with Crippen molar-refractivity contribution in [2.45, 2.75) is 38.3 Å². The molecule has 180 valence electrons. The van der Waals surface area contributed by atoms with E-state index in [0.717, 1.165) is 27.8 Å². The van der Waals surface area contributed by atoms with Gasteiger partial charge in [0.25, 0.3) is 0 Å². The molecule has 0 bridgehead atoms. The first-order valence-electron chi connectivity index (χ1n) is 11.7. The van der Waals surface area contributed by atoms with Gasteiger partial charge in [0, 0.05) is 12.5 Å². The number of carboxylic acids is 1. The van der Waals surface area contributed by atoms with E-state index in [4.69, 9.17) is 9.84 Å². The molecule has 0 saturated heterocycles. The minimum Gasteiger partial charge on any atom is -0.480 e. The molecule has 0 aliphatic heterocycles. The molecule has 0 radical (unpaired) electrons. The normalized spacial score (nSPS) is 12.8. The highest BCUT2D eigenvalue weighted by Crippen LogP contribution is 2.44. The van der Waals surface area contributed by atoms with Crippen molar-refractivity contribution in [3.05, 3.63) is 95.1 Å². The third-order valence-corrected chi connectivity index (χ3v) is 6.28. The van der Waals surface area contributed by atoms with Gasteiger partial charge in [0.2, 0.25) is 5.91 Å². The average molecular weight is 473 g/mol. The number of aliphatic carboxylic acids is 1. The van der Waals surface area contributed by atoms with E-state index < -0.39 is 18.1 Å². The van der Waals surface area contributed by atoms with Crippen LogP contribution in [0, 0.1) is 0 Å². The summed E-state index contributed by atoms with van der Waals surface area (Å²) in [6, 6.07) is 22.6. The summed E-state index contributed by atoms with van der Waals surface area (Å²) in [6.07, 6.45) is -0.221. The molecule has 4 rings (SSSR count). The molecule has 7 heteroatoms. The number of nitrogens with one attached hydrogen (secondary N) is 2. The summed E-state index contributed by atoms with van der Waals surface area (Å²) in [7, 11) is 0. The Kier molecular flexibility index (Phi) is 7.45. The highest BCUT2D eigenvalue weighted by molar-refractivity contribution is 5.85. The summed E-state index contributed by atoms with van der Waals surface area (Å²) < 4.78 is 5.58. The van der Waals surface area contributed by atoms with Gasteiger partial charge in [0.15, 0.2) is 0 Å². The smallest absolute Gasteiger partial charge is 0.407 e. The monoisotopic (exact) mass is 472 g/mol. The molecule has 3 N–H and O–H groups in total. The predicted molar refractivity (Wildman–Crippen MR) is 132 cm³/mol. The van der Waals surface area contributed by atoms with Crippen LogP contribution in [0.15, 0.2) is 72.8 Å². The zero-order chi connectivity index (χ0) is 24.8. The van der Waals surface area contributed by atoms with Gasteiger partial charge >= 0.3 is 12.1 Å². The molecular weight excluding hydrogens is 444 g/mol. The maximum Gasteiger partial charge on any atom is 0.407 e. The van der Waals surface area contributed by atoms with Crippen LogP contribution >= 0.6 is 0 Å². The molecule has 0 heterocycles. The molecule has 1 atom stereocenters. The fraction of sp³-hybridized carbons (Fsp3) is 0.250. The largest absolute Gasteiger partial charge is 0.480 e. The number of amides is 2. The third-order valence-electron chi connectivity index (χ3n) is 6.28. The Labute approximate surface area is 204 Å². The van der Waals surface area contributed by atoms with Crippen molar-refractivity contribution >= 4 is 18.0 Å². The summed E-state index contributed by atoms with van der Waals surface area (Å²) in [6.45, 7) is 2.11. The number of carbonyl (C=O) groups excluding carboxylic acids is 2. The van der Waals surface area contributed by atoms with Crippen LogP contribution in [0.1, 0.15) is 41.5 Å². The molecule has 2 amide bonds. The lowest BCUT2D eigenvalue weighted by molar-refractivity contribution is -0.141. The zero-order valence-corrected chi connectivity index (χ0v) is 19.5. The van der Waals surface area contributed by atoms with Crippen LogP contribution in [0.2, 0.25) is 0 Å². The molecule has 7 nitrogen and oxygen atoms in total. The Bertz CT molecular complexity index is 1190. The van der Waals surface area contributed by atoms with Crippen molar-refractivity contribution in [2.75, 3.05) is 6.61 Å². The van der Waals surface area contributed by atoms with Crippen LogP contribution in [-0.2, 0) is 27.3 Å². The summed E-state index contributed by atoms with van der Waals surface area (Å²) in [5, 5.41) is 14.4.